The van der Waals surface area contributed by atoms with E-state index in [0.29, 0.717) is 23.4 Å². The Hall–Kier alpha value is -3.34. The molecule has 5 heteroatoms. The van der Waals surface area contributed by atoms with Crippen LogP contribution in [-0.2, 0) is 4.79 Å². The number of aliphatic hydroxyl groups is 1. The Morgan fingerprint density at radius 3 is 2.33 bits per heavy atom. The topological polar surface area (TPSA) is 78.9 Å². The molecule has 3 rings (SSSR count). The molecule has 1 heterocycles. The Balaban J connectivity index is 1.95. The van der Waals surface area contributed by atoms with Gasteiger partial charge in [-0.3, -0.25) is 4.79 Å². The molecule has 1 aliphatic heterocycles. The van der Waals surface area contributed by atoms with E-state index in [4.69, 9.17) is 5.73 Å². The molecule has 3 N–H and O–H groups in total. The maximum atomic E-state index is 13.1. The molecule has 0 fully saturated rings. The average Bonchev–Trinajstić information content (AvgIpc) is 2.90. The lowest BCUT2D eigenvalue weighted by molar-refractivity contribution is -0.127. The van der Waals surface area contributed by atoms with Crippen LogP contribution in [0.4, 0.5) is 5.69 Å². The van der Waals surface area contributed by atoms with Gasteiger partial charge in [-0.15, -0.1) is 0 Å². The van der Waals surface area contributed by atoms with Gasteiger partial charge in [0.25, 0.3) is 0 Å². The van der Waals surface area contributed by atoms with Crippen LogP contribution < -0.4 is 5.73 Å². The van der Waals surface area contributed by atoms with Gasteiger partial charge in [0.15, 0.2) is 0 Å². The number of fused-ring (bicyclic) bond motifs is 1. The fourth-order valence-corrected chi connectivity index (χ4v) is 3.62. The fraction of sp³-hybridized carbons (Fsp3) is 0.280. The molecule has 0 saturated heterocycles. The standard InChI is InChI=1S/C25H29N3O2/c1-4-12-28(13-5-2)25(30)22-14-21-11-10-20(15-23(21)27-24(26)16-22)19-8-6-18(7-9-19)17(3)29/h6-11,14-15,29H,3-5,12-13,16H2,1-2H3,(H2,26,27). The number of nitrogens with two attached hydrogens (primary N) is 1. The molecule has 5 nitrogen and oxygen atoms in total. The molecule has 0 saturated carbocycles. The van der Waals surface area contributed by atoms with Gasteiger partial charge in [-0.05, 0) is 36.1 Å². The van der Waals surface area contributed by atoms with Gasteiger partial charge in [-0.2, -0.15) is 0 Å². The monoisotopic (exact) mass is 403 g/mol. The zero-order valence-corrected chi connectivity index (χ0v) is 17.7. The third kappa shape index (κ3) is 4.79. The van der Waals surface area contributed by atoms with Crippen LogP contribution in [0.2, 0.25) is 0 Å². The van der Waals surface area contributed by atoms with Crippen molar-refractivity contribution in [3.63, 3.8) is 0 Å². The lowest BCUT2D eigenvalue weighted by Gasteiger charge is -2.22. The number of benzene rings is 2. The first-order chi connectivity index (χ1) is 14.4. The van der Waals surface area contributed by atoms with Gasteiger partial charge in [0.2, 0.25) is 5.91 Å². The molecule has 0 spiro atoms. The highest BCUT2D eigenvalue weighted by Crippen LogP contribution is 2.32. The highest BCUT2D eigenvalue weighted by Gasteiger charge is 2.21. The molecule has 0 aliphatic carbocycles. The van der Waals surface area contributed by atoms with E-state index in [0.717, 1.165) is 48.3 Å². The molecule has 0 radical (unpaired) electrons. The Labute approximate surface area is 178 Å². The summed E-state index contributed by atoms with van der Waals surface area (Å²) >= 11 is 0. The van der Waals surface area contributed by atoms with Crippen LogP contribution in [0, 0.1) is 0 Å². The van der Waals surface area contributed by atoms with Crippen LogP contribution in [0.15, 0.2) is 59.6 Å². The third-order valence-electron chi connectivity index (χ3n) is 5.10. The van der Waals surface area contributed by atoms with Gasteiger partial charge < -0.3 is 15.7 Å². The average molecular weight is 404 g/mol. The lowest BCUT2D eigenvalue weighted by atomic mass is 9.99. The molecule has 0 unspecified atom stereocenters. The number of hydrogen-bond acceptors (Lipinski definition) is 4. The number of aliphatic hydroxyl groups excluding tert-OH is 1. The summed E-state index contributed by atoms with van der Waals surface area (Å²) in [6.07, 6.45) is 4.11. The molecule has 1 aliphatic rings. The number of hydrogen-bond donors (Lipinski definition) is 2. The number of rotatable bonds is 7. The van der Waals surface area contributed by atoms with Crippen molar-refractivity contribution in [1.82, 2.24) is 4.90 Å². The Morgan fingerprint density at radius 1 is 1.10 bits per heavy atom. The summed E-state index contributed by atoms with van der Waals surface area (Å²) in [5, 5.41) is 9.52. The second-order valence-corrected chi connectivity index (χ2v) is 7.54. The first-order valence-electron chi connectivity index (χ1n) is 10.4. The summed E-state index contributed by atoms with van der Waals surface area (Å²) in [5.74, 6) is 0.516. The van der Waals surface area contributed by atoms with E-state index >= 15 is 0 Å². The van der Waals surface area contributed by atoms with Crippen molar-refractivity contribution in [2.45, 2.75) is 33.1 Å². The van der Waals surface area contributed by atoms with E-state index < -0.39 is 0 Å². The van der Waals surface area contributed by atoms with Gasteiger partial charge in [0.05, 0.1) is 5.69 Å². The van der Waals surface area contributed by atoms with E-state index in [1.54, 1.807) is 0 Å². The largest absolute Gasteiger partial charge is 0.508 e. The van der Waals surface area contributed by atoms with Crippen molar-refractivity contribution < 1.29 is 9.90 Å². The molecule has 0 bridgehead atoms. The Morgan fingerprint density at radius 2 is 1.73 bits per heavy atom. The van der Waals surface area contributed by atoms with Crippen LogP contribution in [0.1, 0.15) is 44.2 Å². The molecule has 156 valence electrons. The van der Waals surface area contributed by atoms with Crippen LogP contribution in [0.3, 0.4) is 0 Å². The molecular weight excluding hydrogens is 374 g/mol. The summed E-state index contributed by atoms with van der Waals surface area (Å²) in [6, 6.07) is 13.5. The summed E-state index contributed by atoms with van der Waals surface area (Å²) in [7, 11) is 0. The van der Waals surface area contributed by atoms with E-state index in [9.17, 15) is 9.90 Å². The minimum Gasteiger partial charge on any atom is -0.508 e. The lowest BCUT2D eigenvalue weighted by Crippen LogP contribution is -2.34. The molecule has 2 aromatic rings. The number of amides is 1. The maximum absolute atomic E-state index is 13.1. The molecule has 30 heavy (non-hydrogen) atoms. The van der Waals surface area contributed by atoms with E-state index in [1.807, 2.05) is 53.4 Å². The number of carbonyl (C=O) groups excluding carboxylic acids is 1. The van der Waals surface area contributed by atoms with Crippen LogP contribution >= 0.6 is 0 Å². The molecule has 1 amide bonds. The second-order valence-electron chi connectivity index (χ2n) is 7.54. The zero-order valence-electron chi connectivity index (χ0n) is 17.7. The third-order valence-corrected chi connectivity index (χ3v) is 5.10. The number of nitrogens with zero attached hydrogens (tertiary/aromatic N) is 2. The fourth-order valence-electron chi connectivity index (χ4n) is 3.62. The van der Waals surface area contributed by atoms with Gasteiger partial charge in [-0.1, -0.05) is 56.8 Å². The quantitative estimate of drug-likeness (QED) is 0.615. The van der Waals surface area contributed by atoms with Crippen LogP contribution in [0.5, 0.6) is 0 Å². The molecular formula is C25H29N3O2. The number of aliphatic imine (C=N–C) groups is 1. The number of carbonyl (C=O) groups is 1. The van der Waals surface area contributed by atoms with Crippen molar-refractivity contribution in [2.24, 2.45) is 10.7 Å². The van der Waals surface area contributed by atoms with E-state index in [1.165, 1.54) is 0 Å². The van der Waals surface area contributed by atoms with E-state index in [-0.39, 0.29) is 11.7 Å². The summed E-state index contributed by atoms with van der Waals surface area (Å²) < 4.78 is 0. The second kappa shape index (κ2) is 9.44. The minimum atomic E-state index is 0.0357. The van der Waals surface area contributed by atoms with Crippen molar-refractivity contribution in [3.05, 3.63) is 65.7 Å². The Bertz CT molecular complexity index is 998. The first kappa shape index (κ1) is 21.4. The molecule has 0 aromatic heterocycles. The first-order valence-corrected chi connectivity index (χ1v) is 10.4. The number of amidine groups is 1. The highest BCUT2D eigenvalue weighted by atomic mass is 16.3. The summed E-state index contributed by atoms with van der Waals surface area (Å²) in [6.45, 7) is 9.18. The van der Waals surface area contributed by atoms with Crippen molar-refractivity contribution in [3.8, 4) is 11.1 Å². The molecule has 0 atom stereocenters. The van der Waals surface area contributed by atoms with Crippen LogP contribution in [0.25, 0.3) is 23.0 Å². The highest BCUT2D eigenvalue weighted by molar-refractivity contribution is 6.05. The van der Waals surface area contributed by atoms with Gasteiger partial charge >= 0.3 is 0 Å². The van der Waals surface area contributed by atoms with Gasteiger partial charge in [-0.25, -0.2) is 4.99 Å². The normalized spacial score (nSPS) is 13.0. The van der Waals surface area contributed by atoms with Crippen LogP contribution in [-0.4, -0.2) is 34.8 Å². The Kier molecular flexibility index (Phi) is 6.72. The smallest absolute Gasteiger partial charge is 0.250 e. The minimum absolute atomic E-state index is 0.0357. The maximum Gasteiger partial charge on any atom is 0.250 e. The van der Waals surface area contributed by atoms with Crippen molar-refractivity contribution in [2.75, 3.05) is 13.1 Å². The van der Waals surface area contributed by atoms with Crippen molar-refractivity contribution in [1.29, 1.82) is 0 Å². The van der Waals surface area contributed by atoms with E-state index in [2.05, 4.69) is 25.4 Å². The van der Waals surface area contributed by atoms with Gasteiger partial charge in [0.1, 0.15) is 11.6 Å². The SMILES string of the molecule is C=C(O)c1ccc(-c2ccc3c(c2)N=C(N)CC(C(=O)N(CCC)CCC)=C3)cc1. The summed E-state index contributed by atoms with van der Waals surface area (Å²) in [4.78, 5) is 19.6. The van der Waals surface area contributed by atoms with Gasteiger partial charge in [0, 0.05) is 36.2 Å². The predicted molar refractivity (Wildman–Crippen MR) is 125 cm³/mol. The predicted octanol–water partition coefficient (Wildman–Crippen LogP) is 5.31. The zero-order chi connectivity index (χ0) is 21.7. The summed E-state index contributed by atoms with van der Waals surface area (Å²) in [5.41, 5.74) is 11.2. The van der Waals surface area contributed by atoms with Crippen molar-refractivity contribution >= 4 is 29.3 Å². The molecule has 2 aromatic carbocycles.